The number of alkyl halides is 1. The van der Waals surface area contributed by atoms with E-state index in [2.05, 4.69) is 4.98 Å². The van der Waals surface area contributed by atoms with Crippen LogP contribution in [0.25, 0.3) is 0 Å². The highest BCUT2D eigenvalue weighted by Crippen LogP contribution is 2.15. The summed E-state index contributed by atoms with van der Waals surface area (Å²) >= 11 is 5.67. The van der Waals surface area contributed by atoms with Crippen molar-refractivity contribution in [1.82, 2.24) is 4.98 Å². The number of benzene rings is 1. The van der Waals surface area contributed by atoms with Gasteiger partial charge in [0.05, 0.1) is 24.9 Å². The molecule has 0 saturated carbocycles. The number of hydrogen-bond acceptors (Lipinski definition) is 3. The van der Waals surface area contributed by atoms with Crippen molar-refractivity contribution >= 4 is 11.6 Å². The third-order valence-corrected chi connectivity index (χ3v) is 2.77. The fourth-order valence-electron chi connectivity index (χ4n) is 1.46. The van der Waals surface area contributed by atoms with Gasteiger partial charge in [0.1, 0.15) is 18.1 Å². The van der Waals surface area contributed by atoms with Crippen LogP contribution in [0.3, 0.4) is 0 Å². The first kappa shape index (κ1) is 12.7. The predicted octanol–water partition coefficient (Wildman–Crippen LogP) is 3.41. The van der Waals surface area contributed by atoms with Gasteiger partial charge in [-0.1, -0.05) is 12.1 Å². The van der Waals surface area contributed by atoms with Crippen LogP contribution in [0.15, 0.2) is 42.6 Å². The van der Waals surface area contributed by atoms with Gasteiger partial charge in [-0.15, -0.1) is 11.6 Å². The molecule has 0 saturated heterocycles. The molecule has 1 aromatic heterocycles. The van der Waals surface area contributed by atoms with E-state index in [1.807, 2.05) is 36.4 Å². The number of pyridine rings is 1. The summed E-state index contributed by atoms with van der Waals surface area (Å²) in [4.78, 5) is 4.16. The summed E-state index contributed by atoms with van der Waals surface area (Å²) in [5.41, 5.74) is 1.92. The Balaban J connectivity index is 1.93. The maximum Gasteiger partial charge on any atom is 0.138 e. The highest BCUT2D eigenvalue weighted by atomic mass is 35.5. The summed E-state index contributed by atoms with van der Waals surface area (Å²) < 4.78 is 10.7. The van der Waals surface area contributed by atoms with E-state index in [4.69, 9.17) is 21.1 Å². The fraction of sp³-hybridized carbons (Fsp3) is 0.214. The minimum Gasteiger partial charge on any atom is -0.497 e. The van der Waals surface area contributed by atoms with Gasteiger partial charge in [-0.2, -0.15) is 0 Å². The van der Waals surface area contributed by atoms with Gasteiger partial charge in [-0.05, 0) is 29.8 Å². The summed E-state index contributed by atoms with van der Waals surface area (Å²) in [5, 5.41) is 0. The first-order chi connectivity index (χ1) is 8.81. The van der Waals surface area contributed by atoms with Crippen molar-refractivity contribution in [2.24, 2.45) is 0 Å². The monoisotopic (exact) mass is 263 g/mol. The van der Waals surface area contributed by atoms with Crippen LogP contribution in [0.4, 0.5) is 0 Å². The van der Waals surface area contributed by atoms with E-state index in [1.165, 1.54) is 0 Å². The molecule has 1 aromatic carbocycles. The maximum atomic E-state index is 5.67. The zero-order valence-corrected chi connectivity index (χ0v) is 10.9. The molecule has 0 amide bonds. The Bertz CT molecular complexity index is 435. The minimum absolute atomic E-state index is 0.415. The molecule has 0 aliphatic carbocycles. The molecule has 0 fully saturated rings. The number of rotatable bonds is 5. The van der Waals surface area contributed by atoms with Gasteiger partial charge in [0, 0.05) is 0 Å². The topological polar surface area (TPSA) is 31.4 Å². The molecular formula is C14H14ClNO2. The molecule has 0 N–H and O–H groups in total. The Labute approximate surface area is 111 Å². The second-order valence-corrected chi connectivity index (χ2v) is 4.02. The van der Waals surface area contributed by atoms with E-state index in [1.54, 1.807) is 13.3 Å². The van der Waals surface area contributed by atoms with Crippen molar-refractivity contribution in [3.8, 4) is 11.5 Å². The van der Waals surface area contributed by atoms with Crippen LogP contribution in [0.5, 0.6) is 11.5 Å². The van der Waals surface area contributed by atoms with Crippen molar-refractivity contribution in [1.29, 1.82) is 0 Å². The van der Waals surface area contributed by atoms with Crippen LogP contribution in [-0.2, 0) is 12.5 Å². The second-order valence-electron chi connectivity index (χ2n) is 3.76. The maximum absolute atomic E-state index is 5.67. The largest absolute Gasteiger partial charge is 0.497 e. The Morgan fingerprint density at radius 3 is 2.33 bits per heavy atom. The van der Waals surface area contributed by atoms with Gasteiger partial charge in [-0.25, -0.2) is 0 Å². The van der Waals surface area contributed by atoms with E-state index in [9.17, 15) is 0 Å². The summed E-state index contributed by atoms with van der Waals surface area (Å²) in [6.07, 6.45) is 1.68. The van der Waals surface area contributed by atoms with Gasteiger partial charge < -0.3 is 9.47 Å². The third-order valence-electron chi connectivity index (χ3n) is 2.50. The Kier molecular flexibility index (Phi) is 4.42. The van der Waals surface area contributed by atoms with E-state index in [-0.39, 0.29) is 0 Å². The van der Waals surface area contributed by atoms with Crippen LogP contribution in [0.2, 0.25) is 0 Å². The van der Waals surface area contributed by atoms with Crippen molar-refractivity contribution in [3.05, 3.63) is 53.9 Å². The van der Waals surface area contributed by atoms with Crippen LogP contribution < -0.4 is 9.47 Å². The predicted molar refractivity (Wildman–Crippen MR) is 71.1 cm³/mol. The van der Waals surface area contributed by atoms with Crippen LogP contribution in [0, 0.1) is 0 Å². The summed E-state index contributed by atoms with van der Waals surface area (Å²) in [5.74, 6) is 1.99. The molecular weight excluding hydrogens is 250 g/mol. The number of aromatic nitrogens is 1. The number of ether oxygens (including phenoxy) is 2. The van der Waals surface area contributed by atoms with E-state index in [0.717, 1.165) is 22.8 Å². The van der Waals surface area contributed by atoms with Gasteiger partial charge in [0.15, 0.2) is 0 Å². The highest BCUT2D eigenvalue weighted by molar-refractivity contribution is 6.16. The van der Waals surface area contributed by atoms with Gasteiger partial charge in [-0.3, -0.25) is 4.98 Å². The standard InChI is InChI=1S/C14H14ClNO2/c1-17-13-5-2-11(3-6-13)10-18-14-7-4-12(8-15)16-9-14/h2-7,9H,8,10H2,1H3. The number of nitrogens with zero attached hydrogens (tertiary/aromatic N) is 1. The van der Waals surface area contributed by atoms with Crippen LogP contribution in [0.1, 0.15) is 11.3 Å². The molecule has 0 spiro atoms. The van der Waals surface area contributed by atoms with E-state index >= 15 is 0 Å². The first-order valence-corrected chi connectivity index (χ1v) is 6.12. The van der Waals surface area contributed by atoms with Crippen molar-refractivity contribution < 1.29 is 9.47 Å². The Hall–Kier alpha value is -1.74. The molecule has 3 nitrogen and oxygen atoms in total. The van der Waals surface area contributed by atoms with Crippen molar-refractivity contribution in [2.75, 3.05) is 7.11 Å². The van der Waals surface area contributed by atoms with E-state index < -0.39 is 0 Å². The van der Waals surface area contributed by atoms with Gasteiger partial charge in [0.25, 0.3) is 0 Å². The molecule has 0 aliphatic rings. The zero-order valence-electron chi connectivity index (χ0n) is 10.1. The molecule has 0 bridgehead atoms. The summed E-state index contributed by atoms with van der Waals surface area (Å²) in [7, 11) is 1.65. The zero-order chi connectivity index (χ0) is 12.8. The van der Waals surface area contributed by atoms with Gasteiger partial charge >= 0.3 is 0 Å². The molecule has 2 aromatic rings. The average molecular weight is 264 g/mol. The molecule has 1 heterocycles. The van der Waals surface area contributed by atoms with Crippen LogP contribution >= 0.6 is 11.6 Å². The second kappa shape index (κ2) is 6.26. The van der Waals surface area contributed by atoms with Crippen molar-refractivity contribution in [2.45, 2.75) is 12.5 Å². The molecule has 0 atom stereocenters. The lowest BCUT2D eigenvalue weighted by Gasteiger charge is -2.07. The molecule has 94 valence electrons. The van der Waals surface area contributed by atoms with E-state index in [0.29, 0.717) is 12.5 Å². The Morgan fingerprint density at radius 2 is 1.78 bits per heavy atom. The molecule has 0 radical (unpaired) electrons. The fourth-order valence-corrected chi connectivity index (χ4v) is 1.62. The SMILES string of the molecule is COc1ccc(COc2ccc(CCl)nc2)cc1. The first-order valence-electron chi connectivity index (χ1n) is 5.58. The summed E-state index contributed by atoms with van der Waals surface area (Å²) in [6, 6.07) is 11.5. The molecule has 0 aliphatic heterocycles. The number of hydrogen-bond donors (Lipinski definition) is 0. The minimum atomic E-state index is 0.415. The molecule has 2 rings (SSSR count). The third kappa shape index (κ3) is 3.37. The normalized spacial score (nSPS) is 10.1. The lowest BCUT2D eigenvalue weighted by atomic mass is 10.2. The smallest absolute Gasteiger partial charge is 0.138 e. The molecule has 0 unspecified atom stereocenters. The lowest BCUT2D eigenvalue weighted by Crippen LogP contribution is -1.96. The summed E-state index contributed by atoms with van der Waals surface area (Å²) in [6.45, 7) is 0.506. The van der Waals surface area contributed by atoms with Gasteiger partial charge in [0.2, 0.25) is 0 Å². The number of halogens is 1. The average Bonchev–Trinajstić information content (AvgIpc) is 2.46. The Morgan fingerprint density at radius 1 is 1.06 bits per heavy atom. The van der Waals surface area contributed by atoms with Crippen LogP contribution in [-0.4, -0.2) is 12.1 Å². The highest BCUT2D eigenvalue weighted by Gasteiger charge is 1.98. The lowest BCUT2D eigenvalue weighted by molar-refractivity contribution is 0.304. The quantitative estimate of drug-likeness (QED) is 0.775. The molecule has 18 heavy (non-hydrogen) atoms. The van der Waals surface area contributed by atoms with Crippen molar-refractivity contribution in [3.63, 3.8) is 0 Å². The number of methoxy groups -OCH3 is 1. The molecule has 4 heteroatoms.